The van der Waals surface area contributed by atoms with Crippen molar-refractivity contribution in [1.82, 2.24) is 15.1 Å². The first-order valence-corrected chi connectivity index (χ1v) is 9.87. The molecular weight excluding hydrogens is 370 g/mol. The van der Waals surface area contributed by atoms with Crippen molar-refractivity contribution in [1.29, 1.82) is 0 Å². The monoisotopic (exact) mass is 393 g/mol. The summed E-state index contributed by atoms with van der Waals surface area (Å²) in [6.45, 7) is 6.92. The number of amides is 1. The SMILES string of the molecule is CCOC(=O)C1CCN(C(=O)[C@@H](C)Sc2nnc(-c3ccoc3C)o2)CC1. The summed E-state index contributed by atoms with van der Waals surface area (Å²) in [5, 5.41) is 8.01. The van der Waals surface area contributed by atoms with Crippen molar-refractivity contribution in [2.75, 3.05) is 19.7 Å². The van der Waals surface area contributed by atoms with E-state index in [9.17, 15) is 9.59 Å². The minimum Gasteiger partial charge on any atom is -0.469 e. The van der Waals surface area contributed by atoms with E-state index in [0.29, 0.717) is 49.4 Å². The van der Waals surface area contributed by atoms with Gasteiger partial charge in [0, 0.05) is 13.1 Å². The van der Waals surface area contributed by atoms with Crippen molar-refractivity contribution in [2.24, 2.45) is 5.92 Å². The van der Waals surface area contributed by atoms with Crippen LogP contribution in [0.4, 0.5) is 0 Å². The number of nitrogens with zero attached hydrogens (tertiary/aromatic N) is 3. The van der Waals surface area contributed by atoms with Gasteiger partial charge < -0.3 is 18.5 Å². The number of thioether (sulfide) groups is 1. The Kier molecular flexibility index (Phi) is 6.20. The van der Waals surface area contributed by atoms with E-state index in [1.807, 2.05) is 13.8 Å². The van der Waals surface area contributed by atoms with E-state index in [-0.39, 0.29) is 23.0 Å². The highest BCUT2D eigenvalue weighted by molar-refractivity contribution is 8.00. The van der Waals surface area contributed by atoms with Gasteiger partial charge in [0.15, 0.2) is 0 Å². The Morgan fingerprint density at radius 1 is 1.37 bits per heavy atom. The van der Waals surface area contributed by atoms with Crippen molar-refractivity contribution in [3.63, 3.8) is 0 Å². The van der Waals surface area contributed by atoms with Crippen LogP contribution in [0.2, 0.25) is 0 Å². The number of piperidine rings is 1. The number of esters is 1. The van der Waals surface area contributed by atoms with E-state index < -0.39 is 0 Å². The molecule has 146 valence electrons. The van der Waals surface area contributed by atoms with Crippen LogP contribution in [0.1, 0.15) is 32.4 Å². The zero-order valence-corrected chi connectivity index (χ0v) is 16.5. The summed E-state index contributed by atoms with van der Waals surface area (Å²) in [7, 11) is 0. The molecule has 27 heavy (non-hydrogen) atoms. The van der Waals surface area contributed by atoms with Crippen molar-refractivity contribution in [3.8, 4) is 11.5 Å². The average Bonchev–Trinajstić information content (AvgIpc) is 3.30. The summed E-state index contributed by atoms with van der Waals surface area (Å²) in [5.41, 5.74) is 0.745. The second-order valence-electron chi connectivity index (χ2n) is 6.38. The molecule has 1 fully saturated rings. The highest BCUT2D eigenvalue weighted by Gasteiger charge is 2.31. The number of hydrogen-bond donors (Lipinski definition) is 0. The maximum absolute atomic E-state index is 12.7. The van der Waals surface area contributed by atoms with E-state index in [4.69, 9.17) is 13.6 Å². The summed E-state index contributed by atoms with van der Waals surface area (Å²) < 4.78 is 15.9. The molecule has 1 atom stereocenters. The minimum absolute atomic E-state index is 0.00144. The Morgan fingerprint density at radius 3 is 2.74 bits per heavy atom. The van der Waals surface area contributed by atoms with Crippen LogP contribution in [0.15, 0.2) is 26.4 Å². The Bertz CT molecular complexity index is 795. The van der Waals surface area contributed by atoms with Gasteiger partial charge in [-0.2, -0.15) is 0 Å². The third kappa shape index (κ3) is 4.52. The van der Waals surface area contributed by atoms with Crippen LogP contribution >= 0.6 is 11.8 Å². The zero-order valence-electron chi connectivity index (χ0n) is 15.6. The molecule has 3 heterocycles. The predicted octanol–water partition coefficient (Wildman–Crippen LogP) is 2.92. The lowest BCUT2D eigenvalue weighted by atomic mass is 9.97. The molecule has 0 radical (unpaired) electrons. The Labute approximate surface area is 161 Å². The molecule has 0 aromatic carbocycles. The highest BCUT2D eigenvalue weighted by atomic mass is 32.2. The number of aryl methyl sites for hydroxylation is 1. The summed E-state index contributed by atoms with van der Waals surface area (Å²) in [6.07, 6.45) is 2.83. The molecule has 2 aromatic heterocycles. The number of ether oxygens (including phenoxy) is 1. The van der Waals surface area contributed by atoms with E-state index in [1.54, 1.807) is 24.2 Å². The fourth-order valence-corrected chi connectivity index (χ4v) is 3.79. The van der Waals surface area contributed by atoms with Crippen LogP contribution in [-0.2, 0) is 14.3 Å². The molecule has 0 unspecified atom stereocenters. The van der Waals surface area contributed by atoms with Crippen molar-refractivity contribution in [3.05, 3.63) is 18.1 Å². The van der Waals surface area contributed by atoms with Gasteiger partial charge in [0.1, 0.15) is 5.76 Å². The lowest BCUT2D eigenvalue weighted by molar-refractivity contribution is -0.151. The topological polar surface area (TPSA) is 98.7 Å². The molecule has 1 aliphatic rings. The van der Waals surface area contributed by atoms with Gasteiger partial charge in [-0.3, -0.25) is 9.59 Å². The maximum Gasteiger partial charge on any atom is 0.309 e. The second-order valence-corrected chi connectivity index (χ2v) is 7.67. The average molecular weight is 393 g/mol. The van der Waals surface area contributed by atoms with Crippen LogP contribution in [0, 0.1) is 12.8 Å². The summed E-state index contributed by atoms with van der Waals surface area (Å²) in [5.74, 6) is 0.789. The quantitative estimate of drug-likeness (QED) is 0.546. The third-order valence-corrected chi connectivity index (χ3v) is 5.47. The standard InChI is InChI=1S/C18H23N3O5S/c1-4-24-17(23)13-5-8-21(9-6-13)16(22)12(3)27-18-20-19-15(26-18)14-7-10-25-11(14)2/h7,10,12-13H,4-6,8-9H2,1-3H3/t12-/m1/s1. The van der Waals surface area contributed by atoms with Crippen molar-refractivity contribution < 1.29 is 23.2 Å². The lowest BCUT2D eigenvalue weighted by Gasteiger charge is -2.32. The van der Waals surface area contributed by atoms with E-state index in [0.717, 1.165) is 5.56 Å². The van der Waals surface area contributed by atoms with Gasteiger partial charge in [-0.1, -0.05) is 11.8 Å². The molecule has 9 heteroatoms. The molecule has 0 bridgehead atoms. The number of carbonyl (C=O) groups excluding carboxylic acids is 2. The molecule has 0 N–H and O–H groups in total. The third-order valence-electron chi connectivity index (χ3n) is 4.55. The van der Waals surface area contributed by atoms with Crippen molar-refractivity contribution >= 4 is 23.6 Å². The van der Waals surface area contributed by atoms with Crippen LogP contribution in [0.3, 0.4) is 0 Å². The Hall–Kier alpha value is -2.29. The molecule has 0 saturated carbocycles. The van der Waals surface area contributed by atoms with Gasteiger partial charge in [0.25, 0.3) is 11.1 Å². The zero-order chi connectivity index (χ0) is 19.4. The number of hydrogen-bond acceptors (Lipinski definition) is 8. The van der Waals surface area contributed by atoms with Gasteiger partial charge in [-0.25, -0.2) is 0 Å². The summed E-state index contributed by atoms with van der Waals surface area (Å²) in [6, 6.07) is 1.76. The molecule has 0 aliphatic carbocycles. The van der Waals surface area contributed by atoms with Gasteiger partial charge in [-0.05, 0) is 39.7 Å². The first-order valence-electron chi connectivity index (χ1n) is 8.99. The normalized spacial score (nSPS) is 16.3. The smallest absolute Gasteiger partial charge is 0.309 e. The molecule has 8 nitrogen and oxygen atoms in total. The number of aromatic nitrogens is 2. The van der Waals surface area contributed by atoms with Gasteiger partial charge in [0.05, 0.1) is 29.6 Å². The van der Waals surface area contributed by atoms with Gasteiger partial charge in [0.2, 0.25) is 5.91 Å². The first kappa shape index (κ1) is 19.5. The number of furan rings is 1. The second kappa shape index (κ2) is 8.60. The fraction of sp³-hybridized carbons (Fsp3) is 0.556. The molecule has 1 amide bonds. The minimum atomic E-state index is -0.358. The maximum atomic E-state index is 12.7. The lowest BCUT2D eigenvalue weighted by Crippen LogP contribution is -2.43. The molecule has 3 rings (SSSR count). The highest BCUT2D eigenvalue weighted by Crippen LogP contribution is 2.29. The first-order chi connectivity index (χ1) is 13.0. The molecule has 0 spiro atoms. The molecular formula is C18H23N3O5S. The Morgan fingerprint density at radius 2 is 2.11 bits per heavy atom. The van der Waals surface area contributed by atoms with E-state index in [2.05, 4.69) is 10.2 Å². The van der Waals surface area contributed by atoms with Crippen LogP contribution in [0.25, 0.3) is 11.5 Å². The number of rotatable bonds is 6. The van der Waals surface area contributed by atoms with Crippen LogP contribution < -0.4 is 0 Å². The van der Waals surface area contributed by atoms with E-state index >= 15 is 0 Å². The van der Waals surface area contributed by atoms with Crippen LogP contribution in [0.5, 0.6) is 0 Å². The number of likely N-dealkylation sites (tertiary alicyclic amines) is 1. The van der Waals surface area contributed by atoms with Crippen molar-refractivity contribution in [2.45, 2.75) is 44.1 Å². The summed E-state index contributed by atoms with van der Waals surface area (Å²) >= 11 is 1.23. The Balaban J connectivity index is 1.54. The molecule has 2 aromatic rings. The largest absolute Gasteiger partial charge is 0.469 e. The molecule has 1 aliphatic heterocycles. The van der Waals surface area contributed by atoms with Gasteiger partial charge >= 0.3 is 5.97 Å². The fourth-order valence-electron chi connectivity index (χ4n) is 3.03. The van der Waals surface area contributed by atoms with E-state index in [1.165, 1.54) is 11.8 Å². The summed E-state index contributed by atoms with van der Waals surface area (Å²) in [4.78, 5) is 26.3. The van der Waals surface area contributed by atoms with Crippen LogP contribution in [-0.4, -0.2) is 51.9 Å². The number of carbonyl (C=O) groups is 2. The molecule has 1 saturated heterocycles. The predicted molar refractivity (Wildman–Crippen MR) is 98.0 cm³/mol. The van der Waals surface area contributed by atoms with Gasteiger partial charge in [-0.15, -0.1) is 10.2 Å².